The van der Waals surface area contributed by atoms with Gasteiger partial charge in [-0.25, -0.2) is 0 Å². The molecule has 0 spiro atoms. The summed E-state index contributed by atoms with van der Waals surface area (Å²) in [6.07, 6.45) is 1.41. The van der Waals surface area contributed by atoms with Crippen LogP contribution in [-0.4, -0.2) is 19.6 Å². The average Bonchev–Trinajstić information content (AvgIpc) is 3.09. The Morgan fingerprint density at radius 2 is 1.78 bits per heavy atom. The molecule has 1 saturated carbocycles. The van der Waals surface area contributed by atoms with Gasteiger partial charge in [0.15, 0.2) is 0 Å². The molecule has 0 bridgehead atoms. The first kappa shape index (κ1) is 13.4. The highest BCUT2D eigenvalue weighted by molar-refractivity contribution is 5.47. The third-order valence-electron chi connectivity index (χ3n) is 4.08. The summed E-state index contributed by atoms with van der Waals surface area (Å²) in [7, 11) is 0. The molecular weight excluding hydrogens is 220 g/mol. The van der Waals surface area contributed by atoms with Crippen LogP contribution in [0.1, 0.15) is 32.8 Å². The van der Waals surface area contributed by atoms with Crippen LogP contribution in [0.3, 0.4) is 0 Å². The summed E-state index contributed by atoms with van der Waals surface area (Å²) in [6, 6.07) is 8.97. The normalized spacial score (nSPS) is 21.9. The van der Waals surface area contributed by atoms with E-state index in [-0.39, 0.29) is 0 Å². The van der Waals surface area contributed by atoms with E-state index in [4.69, 9.17) is 0 Å². The summed E-state index contributed by atoms with van der Waals surface area (Å²) >= 11 is 0. The fraction of sp³-hybridized carbons (Fsp3) is 0.625. The van der Waals surface area contributed by atoms with Crippen molar-refractivity contribution in [1.82, 2.24) is 5.32 Å². The molecule has 0 radical (unpaired) electrons. The monoisotopic (exact) mass is 246 g/mol. The van der Waals surface area contributed by atoms with Crippen molar-refractivity contribution in [2.24, 2.45) is 11.8 Å². The molecule has 18 heavy (non-hydrogen) atoms. The van der Waals surface area contributed by atoms with Gasteiger partial charge in [0.2, 0.25) is 0 Å². The third kappa shape index (κ3) is 3.49. The SMILES string of the molecule is CCN(CC)c1ccc(CNCC2CC2C)cc1. The molecule has 0 aliphatic heterocycles. The van der Waals surface area contributed by atoms with E-state index in [0.717, 1.165) is 31.5 Å². The number of hydrogen-bond donors (Lipinski definition) is 1. The van der Waals surface area contributed by atoms with E-state index in [2.05, 4.69) is 55.3 Å². The van der Waals surface area contributed by atoms with Crippen molar-refractivity contribution in [1.29, 1.82) is 0 Å². The number of benzene rings is 1. The molecule has 0 saturated heterocycles. The highest BCUT2D eigenvalue weighted by atomic mass is 15.1. The van der Waals surface area contributed by atoms with Crippen molar-refractivity contribution in [3.05, 3.63) is 29.8 Å². The molecule has 0 amide bonds. The van der Waals surface area contributed by atoms with E-state index >= 15 is 0 Å². The maximum atomic E-state index is 3.56. The molecule has 2 nitrogen and oxygen atoms in total. The summed E-state index contributed by atoms with van der Waals surface area (Å²) in [4.78, 5) is 2.38. The van der Waals surface area contributed by atoms with Crippen LogP contribution in [0.5, 0.6) is 0 Å². The molecule has 2 heteroatoms. The van der Waals surface area contributed by atoms with Gasteiger partial charge in [0.1, 0.15) is 0 Å². The lowest BCUT2D eigenvalue weighted by molar-refractivity contribution is 0.612. The number of nitrogens with zero attached hydrogens (tertiary/aromatic N) is 1. The first-order valence-electron chi connectivity index (χ1n) is 7.29. The molecule has 100 valence electrons. The lowest BCUT2D eigenvalue weighted by Gasteiger charge is -2.21. The Morgan fingerprint density at radius 1 is 1.17 bits per heavy atom. The van der Waals surface area contributed by atoms with Crippen LogP contribution in [0, 0.1) is 11.8 Å². The lowest BCUT2D eigenvalue weighted by Crippen LogP contribution is -2.21. The van der Waals surface area contributed by atoms with Gasteiger partial charge in [0.25, 0.3) is 0 Å². The lowest BCUT2D eigenvalue weighted by atomic mass is 10.2. The summed E-state index contributed by atoms with van der Waals surface area (Å²) in [5.74, 6) is 1.88. The fourth-order valence-corrected chi connectivity index (χ4v) is 2.50. The van der Waals surface area contributed by atoms with E-state index in [1.54, 1.807) is 0 Å². The molecule has 1 aromatic rings. The third-order valence-corrected chi connectivity index (χ3v) is 4.08. The zero-order valence-corrected chi connectivity index (χ0v) is 11.9. The van der Waals surface area contributed by atoms with E-state index < -0.39 is 0 Å². The van der Waals surface area contributed by atoms with E-state index in [9.17, 15) is 0 Å². The number of hydrogen-bond acceptors (Lipinski definition) is 2. The topological polar surface area (TPSA) is 15.3 Å². The van der Waals surface area contributed by atoms with E-state index in [1.807, 2.05) is 0 Å². The molecule has 2 atom stereocenters. The van der Waals surface area contributed by atoms with Crippen LogP contribution in [-0.2, 0) is 6.54 Å². The maximum Gasteiger partial charge on any atom is 0.0366 e. The molecule has 2 unspecified atom stereocenters. The van der Waals surface area contributed by atoms with Gasteiger partial charge in [-0.15, -0.1) is 0 Å². The standard InChI is InChI=1S/C16H26N2/c1-4-18(5-2)16-8-6-14(7-9-16)11-17-12-15-10-13(15)3/h6-9,13,15,17H,4-5,10-12H2,1-3H3. The van der Waals surface area contributed by atoms with Gasteiger partial charge in [-0.1, -0.05) is 19.1 Å². The van der Waals surface area contributed by atoms with E-state index in [0.29, 0.717) is 0 Å². The Labute approximate surface area is 111 Å². The second-order valence-corrected chi connectivity index (χ2v) is 5.44. The molecule has 1 aliphatic rings. The fourth-order valence-electron chi connectivity index (χ4n) is 2.50. The minimum Gasteiger partial charge on any atom is -0.372 e. The largest absolute Gasteiger partial charge is 0.372 e. The highest BCUT2D eigenvalue weighted by Crippen LogP contribution is 2.36. The van der Waals surface area contributed by atoms with Gasteiger partial charge in [0.05, 0.1) is 0 Å². The number of rotatable bonds is 7. The molecule has 1 aliphatic carbocycles. The van der Waals surface area contributed by atoms with Crippen molar-refractivity contribution >= 4 is 5.69 Å². The molecule has 1 N–H and O–H groups in total. The molecule has 2 rings (SSSR count). The van der Waals surface area contributed by atoms with Crippen LogP contribution in [0.2, 0.25) is 0 Å². The second-order valence-electron chi connectivity index (χ2n) is 5.44. The Morgan fingerprint density at radius 3 is 2.28 bits per heavy atom. The van der Waals surface area contributed by atoms with Crippen molar-refractivity contribution in [3.8, 4) is 0 Å². The maximum absolute atomic E-state index is 3.56. The van der Waals surface area contributed by atoms with Crippen molar-refractivity contribution in [2.75, 3.05) is 24.5 Å². The summed E-state index contributed by atoms with van der Waals surface area (Å²) in [6.45, 7) is 11.1. The minimum atomic E-state index is 0.931. The van der Waals surface area contributed by atoms with Gasteiger partial charge in [-0.3, -0.25) is 0 Å². The van der Waals surface area contributed by atoms with Crippen LogP contribution >= 0.6 is 0 Å². The Hall–Kier alpha value is -1.02. The van der Waals surface area contributed by atoms with Crippen LogP contribution in [0.15, 0.2) is 24.3 Å². The molecule has 0 heterocycles. The average molecular weight is 246 g/mol. The predicted molar refractivity (Wildman–Crippen MR) is 79.0 cm³/mol. The molecule has 0 aromatic heterocycles. The predicted octanol–water partition coefficient (Wildman–Crippen LogP) is 3.28. The van der Waals surface area contributed by atoms with Gasteiger partial charge in [-0.2, -0.15) is 0 Å². The Kier molecular flexibility index (Phi) is 4.65. The van der Waals surface area contributed by atoms with Gasteiger partial charge < -0.3 is 10.2 Å². The van der Waals surface area contributed by atoms with Crippen molar-refractivity contribution < 1.29 is 0 Å². The Balaban J connectivity index is 1.79. The minimum absolute atomic E-state index is 0.931. The quantitative estimate of drug-likeness (QED) is 0.794. The highest BCUT2D eigenvalue weighted by Gasteiger charge is 2.31. The first-order chi connectivity index (χ1) is 8.74. The van der Waals surface area contributed by atoms with Gasteiger partial charge >= 0.3 is 0 Å². The van der Waals surface area contributed by atoms with Crippen LogP contribution in [0.25, 0.3) is 0 Å². The molecular formula is C16H26N2. The number of anilines is 1. The van der Waals surface area contributed by atoms with E-state index in [1.165, 1.54) is 24.2 Å². The van der Waals surface area contributed by atoms with Crippen molar-refractivity contribution in [2.45, 2.75) is 33.7 Å². The molecule has 1 fully saturated rings. The zero-order valence-electron chi connectivity index (χ0n) is 11.9. The summed E-state index contributed by atoms with van der Waals surface area (Å²) in [5.41, 5.74) is 2.72. The zero-order chi connectivity index (χ0) is 13.0. The second kappa shape index (κ2) is 6.24. The van der Waals surface area contributed by atoms with Gasteiger partial charge in [-0.05, 0) is 56.3 Å². The van der Waals surface area contributed by atoms with Crippen LogP contribution < -0.4 is 10.2 Å². The van der Waals surface area contributed by atoms with Crippen LogP contribution in [0.4, 0.5) is 5.69 Å². The summed E-state index contributed by atoms with van der Waals surface area (Å²) in [5, 5.41) is 3.56. The smallest absolute Gasteiger partial charge is 0.0366 e. The van der Waals surface area contributed by atoms with Crippen molar-refractivity contribution in [3.63, 3.8) is 0 Å². The number of nitrogens with one attached hydrogen (secondary N) is 1. The molecule has 1 aromatic carbocycles. The van der Waals surface area contributed by atoms with Gasteiger partial charge in [0, 0.05) is 25.3 Å². The summed E-state index contributed by atoms with van der Waals surface area (Å²) < 4.78 is 0. The first-order valence-corrected chi connectivity index (χ1v) is 7.29. The Bertz CT molecular complexity index is 354.